The van der Waals surface area contributed by atoms with Crippen molar-refractivity contribution >= 4 is 11.7 Å². The molecule has 1 aromatic carbocycles. The normalized spacial score (nSPS) is 20.0. The molecule has 1 unspecified atom stereocenters. The molecule has 0 bridgehead atoms. The zero-order chi connectivity index (χ0) is 17.9. The molecular weight excluding hydrogens is 324 g/mol. The number of piperidine rings is 1. The van der Waals surface area contributed by atoms with Crippen LogP contribution in [0.4, 0.5) is 5.82 Å². The van der Waals surface area contributed by atoms with E-state index in [1.807, 2.05) is 41.3 Å². The fourth-order valence-corrected chi connectivity index (χ4v) is 3.62. The lowest BCUT2D eigenvalue weighted by atomic mass is 9.99. The molecule has 0 spiro atoms. The minimum atomic E-state index is 0.0370. The summed E-state index contributed by atoms with van der Waals surface area (Å²) in [6.07, 6.45) is 6.69. The van der Waals surface area contributed by atoms with E-state index in [0.717, 1.165) is 50.0 Å². The van der Waals surface area contributed by atoms with Crippen LogP contribution in [-0.4, -0.2) is 39.4 Å². The van der Waals surface area contributed by atoms with Crippen LogP contribution in [0.3, 0.4) is 0 Å². The van der Waals surface area contributed by atoms with Crippen LogP contribution in [0.15, 0.2) is 36.4 Å². The smallest absolute Gasteiger partial charge is 0.272 e. The molecule has 1 aliphatic carbocycles. The van der Waals surface area contributed by atoms with Gasteiger partial charge in [0.1, 0.15) is 11.5 Å². The summed E-state index contributed by atoms with van der Waals surface area (Å²) in [5, 5.41) is 3.43. The SMILES string of the molecule is CCC1CCCCN1C(=O)c1cc(NC2CC2)nc(-c2ccccc2)n1. The first-order valence-electron chi connectivity index (χ1n) is 9.76. The molecule has 1 amide bonds. The van der Waals surface area contributed by atoms with Gasteiger partial charge in [0.2, 0.25) is 0 Å². The number of rotatable bonds is 5. The molecule has 0 radical (unpaired) electrons. The van der Waals surface area contributed by atoms with E-state index < -0.39 is 0 Å². The summed E-state index contributed by atoms with van der Waals surface area (Å²) < 4.78 is 0. The lowest BCUT2D eigenvalue weighted by molar-refractivity contribution is 0.0602. The maximum atomic E-state index is 13.2. The van der Waals surface area contributed by atoms with Crippen LogP contribution in [0.25, 0.3) is 11.4 Å². The maximum Gasteiger partial charge on any atom is 0.272 e. The van der Waals surface area contributed by atoms with Crippen molar-refractivity contribution in [1.29, 1.82) is 0 Å². The summed E-state index contributed by atoms with van der Waals surface area (Å²) in [6, 6.07) is 12.5. The van der Waals surface area contributed by atoms with Gasteiger partial charge in [0.25, 0.3) is 5.91 Å². The fourth-order valence-electron chi connectivity index (χ4n) is 3.62. The van der Waals surface area contributed by atoms with Gasteiger partial charge in [0.05, 0.1) is 0 Å². The predicted molar refractivity (Wildman–Crippen MR) is 103 cm³/mol. The highest BCUT2D eigenvalue weighted by molar-refractivity contribution is 5.93. The van der Waals surface area contributed by atoms with Gasteiger partial charge < -0.3 is 10.2 Å². The fraction of sp³-hybridized carbons (Fsp3) is 0.476. The molecule has 26 heavy (non-hydrogen) atoms. The van der Waals surface area contributed by atoms with Gasteiger partial charge in [0, 0.05) is 30.3 Å². The first-order chi connectivity index (χ1) is 12.7. The Morgan fingerprint density at radius 2 is 1.96 bits per heavy atom. The molecule has 2 heterocycles. The molecule has 136 valence electrons. The highest BCUT2D eigenvalue weighted by Crippen LogP contribution is 2.27. The van der Waals surface area contributed by atoms with E-state index in [1.165, 1.54) is 6.42 Å². The molecule has 2 aliphatic rings. The van der Waals surface area contributed by atoms with Crippen LogP contribution < -0.4 is 5.32 Å². The molecule has 5 nitrogen and oxygen atoms in total. The second-order valence-electron chi connectivity index (χ2n) is 7.30. The summed E-state index contributed by atoms with van der Waals surface area (Å²) in [7, 11) is 0. The topological polar surface area (TPSA) is 58.1 Å². The number of likely N-dealkylation sites (tertiary alicyclic amines) is 1. The molecule has 2 fully saturated rings. The van der Waals surface area contributed by atoms with Gasteiger partial charge >= 0.3 is 0 Å². The summed E-state index contributed by atoms with van der Waals surface area (Å²) in [4.78, 5) is 24.5. The Kier molecular flexibility index (Phi) is 4.87. The average molecular weight is 350 g/mol. The van der Waals surface area contributed by atoms with Crippen LogP contribution >= 0.6 is 0 Å². The molecule has 1 atom stereocenters. The van der Waals surface area contributed by atoms with Gasteiger partial charge in [-0.05, 0) is 38.5 Å². The van der Waals surface area contributed by atoms with Crippen molar-refractivity contribution in [3.8, 4) is 11.4 Å². The van der Waals surface area contributed by atoms with Crippen LogP contribution in [-0.2, 0) is 0 Å². The lowest BCUT2D eigenvalue weighted by Gasteiger charge is -2.35. The minimum absolute atomic E-state index is 0.0370. The van der Waals surface area contributed by atoms with Gasteiger partial charge in [0.15, 0.2) is 5.82 Å². The monoisotopic (exact) mass is 350 g/mol. The zero-order valence-electron chi connectivity index (χ0n) is 15.3. The Balaban J connectivity index is 1.68. The Labute approximate surface area is 154 Å². The molecule has 4 rings (SSSR count). The van der Waals surface area contributed by atoms with E-state index in [0.29, 0.717) is 23.6 Å². The standard InChI is InChI=1S/C21H26N4O/c1-2-17-10-6-7-13-25(17)21(26)18-14-19(22-16-11-12-16)24-20(23-18)15-8-4-3-5-9-15/h3-5,8-9,14,16-17H,2,6-7,10-13H2,1H3,(H,22,23,24). The van der Waals surface area contributed by atoms with E-state index >= 15 is 0 Å². The molecule has 1 saturated carbocycles. The number of nitrogens with zero attached hydrogens (tertiary/aromatic N) is 3. The largest absolute Gasteiger partial charge is 0.367 e. The van der Waals surface area contributed by atoms with Crippen molar-refractivity contribution in [1.82, 2.24) is 14.9 Å². The van der Waals surface area contributed by atoms with E-state index in [9.17, 15) is 4.79 Å². The van der Waals surface area contributed by atoms with Crippen LogP contribution in [0.5, 0.6) is 0 Å². The molecule has 1 N–H and O–H groups in total. The van der Waals surface area contributed by atoms with E-state index in [-0.39, 0.29) is 5.91 Å². The molecule has 1 saturated heterocycles. The third-order valence-corrected chi connectivity index (χ3v) is 5.27. The number of aromatic nitrogens is 2. The number of carbonyl (C=O) groups is 1. The van der Waals surface area contributed by atoms with Crippen molar-refractivity contribution < 1.29 is 4.79 Å². The van der Waals surface area contributed by atoms with Crippen molar-refractivity contribution in [2.24, 2.45) is 0 Å². The summed E-state index contributed by atoms with van der Waals surface area (Å²) in [5.41, 5.74) is 1.44. The van der Waals surface area contributed by atoms with E-state index in [1.54, 1.807) is 0 Å². The first kappa shape index (κ1) is 17.0. The number of nitrogens with one attached hydrogen (secondary N) is 1. The second-order valence-corrected chi connectivity index (χ2v) is 7.30. The number of anilines is 1. The van der Waals surface area contributed by atoms with Gasteiger partial charge in [-0.1, -0.05) is 37.3 Å². The summed E-state index contributed by atoms with van der Waals surface area (Å²) in [5.74, 6) is 1.41. The molecular formula is C21H26N4O. The number of hydrogen-bond donors (Lipinski definition) is 1. The van der Waals surface area contributed by atoms with E-state index in [4.69, 9.17) is 0 Å². The quantitative estimate of drug-likeness (QED) is 0.881. The van der Waals surface area contributed by atoms with Crippen LogP contribution in [0.2, 0.25) is 0 Å². The Hall–Kier alpha value is -2.43. The van der Waals surface area contributed by atoms with Gasteiger partial charge in [-0.2, -0.15) is 0 Å². The van der Waals surface area contributed by atoms with Gasteiger partial charge in [-0.15, -0.1) is 0 Å². The third-order valence-electron chi connectivity index (χ3n) is 5.27. The highest BCUT2D eigenvalue weighted by atomic mass is 16.2. The first-order valence-corrected chi connectivity index (χ1v) is 9.76. The maximum absolute atomic E-state index is 13.2. The number of carbonyl (C=O) groups excluding carboxylic acids is 1. The number of benzene rings is 1. The van der Waals surface area contributed by atoms with Gasteiger partial charge in [-0.3, -0.25) is 4.79 Å². The third kappa shape index (κ3) is 3.71. The van der Waals surface area contributed by atoms with Gasteiger partial charge in [-0.25, -0.2) is 9.97 Å². The predicted octanol–water partition coefficient (Wildman–Crippen LogP) is 4.12. The van der Waals surface area contributed by atoms with Crippen LogP contribution in [0, 0.1) is 0 Å². The Morgan fingerprint density at radius 3 is 2.69 bits per heavy atom. The van der Waals surface area contributed by atoms with E-state index in [2.05, 4.69) is 22.2 Å². The number of hydrogen-bond acceptors (Lipinski definition) is 4. The second kappa shape index (κ2) is 7.44. The highest BCUT2D eigenvalue weighted by Gasteiger charge is 2.28. The molecule has 2 aromatic rings. The van der Waals surface area contributed by atoms with Crippen molar-refractivity contribution in [2.75, 3.05) is 11.9 Å². The van der Waals surface area contributed by atoms with Crippen molar-refractivity contribution in [3.63, 3.8) is 0 Å². The van der Waals surface area contributed by atoms with Crippen molar-refractivity contribution in [2.45, 2.75) is 57.5 Å². The molecule has 1 aliphatic heterocycles. The summed E-state index contributed by atoms with van der Waals surface area (Å²) in [6.45, 7) is 2.99. The Bertz CT molecular complexity index is 773. The average Bonchev–Trinajstić information content (AvgIpc) is 3.51. The van der Waals surface area contributed by atoms with Crippen LogP contribution in [0.1, 0.15) is 55.9 Å². The molecule has 1 aromatic heterocycles. The summed E-state index contributed by atoms with van der Waals surface area (Å²) >= 11 is 0. The minimum Gasteiger partial charge on any atom is -0.367 e. The van der Waals surface area contributed by atoms with Crippen molar-refractivity contribution in [3.05, 3.63) is 42.1 Å². The zero-order valence-corrected chi connectivity index (χ0v) is 15.3. The Morgan fingerprint density at radius 1 is 1.15 bits per heavy atom. The molecule has 5 heteroatoms. The lowest BCUT2D eigenvalue weighted by Crippen LogP contribution is -2.43. The number of amides is 1.